The van der Waals surface area contributed by atoms with Crippen LogP contribution in [0, 0.1) is 17.8 Å². The van der Waals surface area contributed by atoms with Crippen LogP contribution in [0.1, 0.15) is 169 Å². The maximum Gasteiger partial charge on any atom is -0.0307 e. The summed E-state index contributed by atoms with van der Waals surface area (Å²) in [7, 11) is 0. The summed E-state index contributed by atoms with van der Waals surface area (Å²) >= 11 is 0. The second kappa shape index (κ2) is 57.4. The van der Waals surface area contributed by atoms with Gasteiger partial charge in [-0.2, -0.15) is 0 Å². The smallest absolute Gasteiger partial charge is 0.0307 e. The maximum atomic E-state index is 2.36. The normalized spacial score (nSPS) is 10.9. The lowest BCUT2D eigenvalue weighted by Gasteiger charge is -2.16. The van der Waals surface area contributed by atoms with Gasteiger partial charge in [-0.05, 0) is 50.0 Å². The summed E-state index contributed by atoms with van der Waals surface area (Å²) in [6.45, 7) is 40.3. The Bertz CT molecular complexity index is 545. The molecule has 0 N–H and O–H groups in total. The molecule has 0 amide bonds. The molecule has 1 rings (SSSR count). The van der Waals surface area contributed by atoms with Crippen LogP contribution in [0.2, 0.25) is 0 Å². The molecule has 0 bridgehead atoms. The SMILES string of the molecule is CC.CC.CC.CC.CCC.CCCC(C)[C@@H](C)CC.CCc1ccccc1.C\C=C/C(C)=C\C=C\CC(C)C. The molecule has 0 aliphatic heterocycles. The van der Waals surface area contributed by atoms with E-state index in [0.29, 0.717) is 0 Å². The summed E-state index contributed by atoms with van der Waals surface area (Å²) in [5.74, 6) is 2.61. The molecule has 0 fully saturated rings. The summed E-state index contributed by atoms with van der Waals surface area (Å²) in [4.78, 5) is 0. The van der Waals surface area contributed by atoms with Gasteiger partial charge in [0.25, 0.3) is 0 Å². The third-order valence-corrected chi connectivity index (χ3v) is 5.14. The molecule has 0 aliphatic carbocycles. The van der Waals surface area contributed by atoms with E-state index in [0.717, 1.165) is 24.2 Å². The minimum absolute atomic E-state index is 0.761. The first kappa shape index (κ1) is 54.5. The van der Waals surface area contributed by atoms with Gasteiger partial charge in [-0.1, -0.05) is 210 Å². The van der Waals surface area contributed by atoms with Crippen LogP contribution < -0.4 is 0 Å². The number of rotatable bonds is 9. The van der Waals surface area contributed by atoms with Crippen LogP contribution in [0.25, 0.3) is 0 Å². The van der Waals surface area contributed by atoms with Gasteiger partial charge in [-0.15, -0.1) is 0 Å². The first-order chi connectivity index (χ1) is 19.2. The van der Waals surface area contributed by atoms with E-state index in [-0.39, 0.29) is 0 Å². The second-order valence-electron chi connectivity index (χ2n) is 9.17. The molecule has 0 aliphatic rings. The highest BCUT2D eigenvalue weighted by Crippen LogP contribution is 2.18. The number of hydrogen-bond acceptors (Lipinski definition) is 0. The molecule has 0 spiro atoms. The fraction of sp³-hybridized carbons (Fsp3) is 0.700. The molecule has 0 nitrogen and oxygen atoms in total. The molecule has 0 aromatic heterocycles. The Morgan fingerprint density at radius 2 is 1.18 bits per heavy atom. The van der Waals surface area contributed by atoms with Gasteiger partial charge in [0.15, 0.2) is 0 Å². The maximum absolute atomic E-state index is 2.36. The molecule has 0 radical (unpaired) electrons. The van der Waals surface area contributed by atoms with Crippen molar-refractivity contribution >= 4 is 0 Å². The molecular formula is C40H82. The monoisotopic (exact) mass is 563 g/mol. The van der Waals surface area contributed by atoms with Crippen LogP contribution in [0.15, 0.2) is 66.3 Å². The Morgan fingerprint density at radius 1 is 0.725 bits per heavy atom. The van der Waals surface area contributed by atoms with E-state index in [1.165, 1.54) is 43.2 Å². The number of benzene rings is 1. The summed E-state index contributed by atoms with van der Waals surface area (Å²) in [6.07, 6.45) is 18.3. The van der Waals surface area contributed by atoms with Crippen molar-refractivity contribution in [2.24, 2.45) is 17.8 Å². The van der Waals surface area contributed by atoms with Gasteiger partial charge in [0, 0.05) is 0 Å². The Morgan fingerprint density at radius 3 is 1.48 bits per heavy atom. The predicted octanol–water partition coefficient (Wildman–Crippen LogP) is 15.3. The van der Waals surface area contributed by atoms with Crippen LogP contribution in [0.3, 0.4) is 0 Å². The Hall–Kier alpha value is -1.56. The van der Waals surface area contributed by atoms with Crippen molar-refractivity contribution in [3.63, 3.8) is 0 Å². The molecule has 0 saturated heterocycles. The lowest BCUT2D eigenvalue weighted by molar-refractivity contribution is 0.352. The van der Waals surface area contributed by atoms with E-state index in [1.54, 1.807) is 0 Å². The minimum Gasteiger partial charge on any atom is -0.0874 e. The molecule has 1 aromatic carbocycles. The molecule has 0 heteroatoms. The highest BCUT2D eigenvalue weighted by molar-refractivity contribution is 5.21. The van der Waals surface area contributed by atoms with Crippen LogP contribution in [-0.4, -0.2) is 0 Å². The molecule has 2 atom stereocenters. The zero-order valence-electron chi connectivity index (χ0n) is 31.7. The average molecular weight is 563 g/mol. The zero-order valence-corrected chi connectivity index (χ0v) is 31.7. The summed E-state index contributed by atoms with van der Waals surface area (Å²) in [5.41, 5.74) is 2.71. The average Bonchev–Trinajstić information content (AvgIpc) is 3.00. The van der Waals surface area contributed by atoms with Gasteiger partial charge < -0.3 is 0 Å². The van der Waals surface area contributed by atoms with Gasteiger partial charge >= 0.3 is 0 Å². The van der Waals surface area contributed by atoms with Gasteiger partial charge in [0.1, 0.15) is 0 Å². The number of aryl methyl sites for hydroxylation is 1. The fourth-order valence-electron chi connectivity index (χ4n) is 2.74. The van der Waals surface area contributed by atoms with Crippen molar-refractivity contribution in [3.8, 4) is 0 Å². The van der Waals surface area contributed by atoms with E-state index in [1.807, 2.05) is 68.4 Å². The van der Waals surface area contributed by atoms with Crippen LogP contribution in [-0.2, 0) is 6.42 Å². The van der Waals surface area contributed by atoms with Crippen molar-refractivity contribution in [1.29, 1.82) is 0 Å². The first-order valence-corrected chi connectivity index (χ1v) is 17.2. The lowest BCUT2D eigenvalue weighted by atomic mass is 9.90. The molecule has 40 heavy (non-hydrogen) atoms. The third kappa shape index (κ3) is 60.8. The van der Waals surface area contributed by atoms with Crippen molar-refractivity contribution in [2.45, 2.75) is 170 Å². The Labute approximate surface area is 259 Å². The van der Waals surface area contributed by atoms with Crippen LogP contribution in [0.5, 0.6) is 0 Å². The van der Waals surface area contributed by atoms with Gasteiger partial charge in [0.2, 0.25) is 0 Å². The summed E-state index contributed by atoms with van der Waals surface area (Å²) < 4.78 is 0. The molecule has 1 unspecified atom stereocenters. The van der Waals surface area contributed by atoms with Crippen molar-refractivity contribution in [3.05, 3.63) is 71.8 Å². The predicted molar refractivity (Wildman–Crippen MR) is 198 cm³/mol. The van der Waals surface area contributed by atoms with E-state index in [2.05, 4.69) is 124 Å². The Balaban J connectivity index is -0.0000000700. The second-order valence-corrected chi connectivity index (χ2v) is 9.17. The largest absolute Gasteiger partial charge is 0.0874 e. The van der Waals surface area contributed by atoms with E-state index in [9.17, 15) is 0 Å². The first-order valence-electron chi connectivity index (χ1n) is 17.2. The minimum atomic E-state index is 0.761. The quantitative estimate of drug-likeness (QED) is 0.262. The summed E-state index contributed by atoms with van der Waals surface area (Å²) in [6, 6.07) is 10.5. The molecule has 0 saturated carbocycles. The van der Waals surface area contributed by atoms with Crippen molar-refractivity contribution < 1.29 is 0 Å². The topological polar surface area (TPSA) is 0 Å². The van der Waals surface area contributed by atoms with Gasteiger partial charge in [-0.25, -0.2) is 0 Å². The van der Waals surface area contributed by atoms with Crippen LogP contribution >= 0.6 is 0 Å². The van der Waals surface area contributed by atoms with E-state index >= 15 is 0 Å². The van der Waals surface area contributed by atoms with E-state index < -0.39 is 0 Å². The molecular weight excluding hydrogens is 480 g/mol. The Kier molecular flexibility index (Phi) is 78.2. The van der Waals surface area contributed by atoms with E-state index in [4.69, 9.17) is 0 Å². The fourth-order valence-corrected chi connectivity index (χ4v) is 2.74. The third-order valence-electron chi connectivity index (χ3n) is 5.14. The molecule has 1 aromatic rings. The highest BCUT2D eigenvalue weighted by atomic mass is 14.1. The standard InChI is InChI=1S/C12H20.C9H20.C8H10.C3H8.4C2H6/c1-5-8-12(4)10-7-6-9-11(2)3;1-5-7-9(4)8(3)6-2;1-2-8-6-4-3-5-7-8;1-3-2;4*1-2/h5-8,10-11H,9H2,1-4H3;8-9H,5-7H2,1-4H3;3-7H,2H2,1H3;3H2,1-2H3;4*1-2H3/b7-6+,8-5-,12-10-;;;;;;;/t;8-,9?;;;;;;/m.0....../s1. The molecule has 242 valence electrons. The molecule has 0 heterocycles. The van der Waals surface area contributed by atoms with Gasteiger partial charge in [0.05, 0.1) is 0 Å². The van der Waals surface area contributed by atoms with Crippen molar-refractivity contribution in [1.82, 2.24) is 0 Å². The van der Waals surface area contributed by atoms with Crippen molar-refractivity contribution in [2.75, 3.05) is 0 Å². The van der Waals surface area contributed by atoms with Crippen LogP contribution in [0.4, 0.5) is 0 Å². The number of allylic oxidation sites excluding steroid dienone is 6. The van der Waals surface area contributed by atoms with Gasteiger partial charge in [-0.3, -0.25) is 0 Å². The lowest BCUT2D eigenvalue weighted by Crippen LogP contribution is -2.05. The number of hydrogen-bond donors (Lipinski definition) is 0. The summed E-state index contributed by atoms with van der Waals surface area (Å²) in [5, 5.41) is 0. The zero-order chi connectivity index (χ0) is 33.2. The highest BCUT2D eigenvalue weighted by Gasteiger charge is 2.07.